The zero-order valence-electron chi connectivity index (χ0n) is 15.8. The first-order valence-electron chi connectivity index (χ1n) is 9.66. The predicted molar refractivity (Wildman–Crippen MR) is 107 cm³/mol. The number of aryl methyl sites for hydroxylation is 2. The highest BCUT2D eigenvalue weighted by molar-refractivity contribution is 7.11. The van der Waals surface area contributed by atoms with Crippen LogP contribution in [0, 0.1) is 6.92 Å². The lowest BCUT2D eigenvalue weighted by molar-refractivity contribution is -0.131. The third kappa shape index (κ3) is 5.15. The molecule has 2 aromatic rings. The zero-order chi connectivity index (χ0) is 18.4. The van der Waals surface area contributed by atoms with E-state index >= 15 is 0 Å². The Morgan fingerprint density at radius 1 is 1.27 bits per heavy atom. The van der Waals surface area contributed by atoms with Crippen LogP contribution in [0.4, 0.5) is 0 Å². The van der Waals surface area contributed by atoms with Crippen LogP contribution < -0.4 is 5.32 Å². The third-order valence-electron chi connectivity index (χ3n) is 4.98. The van der Waals surface area contributed by atoms with Crippen LogP contribution in [0.5, 0.6) is 0 Å². The minimum Gasteiger partial charge on any atom is -0.338 e. The van der Waals surface area contributed by atoms with Crippen molar-refractivity contribution in [1.29, 1.82) is 0 Å². The van der Waals surface area contributed by atoms with Crippen molar-refractivity contribution >= 4 is 17.2 Å². The Morgan fingerprint density at radius 2 is 2.08 bits per heavy atom. The van der Waals surface area contributed by atoms with E-state index in [4.69, 9.17) is 0 Å². The van der Waals surface area contributed by atoms with Gasteiger partial charge in [-0.25, -0.2) is 4.98 Å². The van der Waals surface area contributed by atoms with E-state index in [-0.39, 0.29) is 5.91 Å². The second kappa shape index (κ2) is 9.28. The molecule has 5 heteroatoms. The number of rotatable bonds is 7. The normalized spacial score (nSPS) is 18.2. The van der Waals surface area contributed by atoms with Crippen LogP contribution in [-0.4, -0.2) is 28.4 Å². The van der Waals surface area contributed by atoms with Gasteiger partial charge in [0.15, 0.2) is 0 Å². The minimum absolute atomic E-state index is 0.275. The van der Waals surface area contributed by atoms with Gasteiger partial charge in [-0.05, 0) is 38.2 Å². The van der Waals surface area contributed by atoms with Gasteiger partial charge in [0.1, 0.15) is 0 Å². The maximum atomic E-state index is 12.5. The summed E-state index contributed by atoms with van der Waals surface area (Å²) in [4.78, 5) is 20.5. The lowest BCUT2D eigenvalue weighted by atomic mass is 10.1. The van der Waals surface area contributed by atoms with Crippen molar-refractivity contribution in [1.82, 2.24) is 15.2 Å². The Kier molecular flexibility index (Phi) is 6.80. The standard InChI is InChI=1S/C21H29N3OS/c1-3-7-20-23-16(2)19(26-20)14-22-18-10-11-21(25)24(13-12-18)15-17-8-5-4-6-9-17/h4-6,8-9,18,22H,3,7,10-15H2,1-2H3. The van der Waals surface area contributed by atoms with Gasteiger partial charge in [0.2, 0.25) is 5.91 Å². The topological polar surface area (TPSA) is 45.2 Å². The number of amides is 1. The summed E-state index contributed by atoms with van der Waals surface area (Å²) in [6.07, 6.45) is 4.77. The highest BCUT2D eigenvalue weighted by Gasteiger charge is 2.22. The number of benzene rings is 1. The van der Waals surface area contributed by atoms with Crippen molar-refractivity contribution in [3.63, 3.8) is 0 Å². The molecule has 0 bridgehead atoms. The van der Waals surface area contributed by atoms with Crippen molar-refractivity contribution in [3.05, 3.63) is 51.5 Å². The van der Waals surface area contributed by atoms with Crippen molar-refractivity contribution in [3.8, 4) is 0 Å². The molecule has 1 aliphatic rings. The molecule has 140 valence electrons. The number of carbonyl (C=O) groups is 1. The summed E-state index contributed by atoms with van der Waals surface area (Å²) in [6, 6.07) is 10.7. The molecule has 1 aromatic carbocycles. The summed E-state index contributed by atoms with van der Waals surface area (Å²) in [5.74, 6) is 0.275. The summed E-state index contributed by atoms with van der Waals surface area (Å²) in [5.41, 5.74) is 2.36. The number of thiazole rings is 1. The molecule has 1 aromatic heterocycles. The van der Waals surface area contributed by atoms with Crippen LogP contribution in [0.25, 0.3) is 0 Å². The molecule has 1 saturated heterocycles. The van der Waals surface area contributed by atoms with Crippen LogP contribution in [0.2, 0.25) is 0 Å². The van der Waals surface area contributed by atoms with E-state index in [2.05, 4.69) is 36.3 Å². The average molecular weight is 372 g/mol. The molecule has 2 heterocycles. The average Bonchev–Trinajstić information content (AvgIpc) is 2.90. The van der Waals surface area contributed by atoms with Gasteiger partial charge in [-0.2, -0.15) is 0 Å². The van der Waals surface area contributed by atoms with E-state index in [1.807, 2.05) is 34.4 Å². The molecule has 26 heavy (non-hydrogen) atoms. The van der Waals surface area contributed by atoms with E-state index in [1.165, 1.54) is 15.4 Å². The Hall–Kier alpha value is -1.72. The first-order valence-corrected chi connectivity index (χ1v) is 10.5. The summed E-state index contributed by atoms with van der Waals surface area (Å²) in [6.45, 7) is 6.71. The van der Waals surface area contributed by atoms with Crippen molar-refractivity contribution < 1.29 is 4.79 Å². The molecular weight excluding hydrogens is 342 g/mol. The van der Waals surface area contributed by atoms with Gasteiger partial charge >= 0.3 is 0 Å². The van der Waals surface area contributed by atoms with Crippen LogP contribution in [0.1, 0.15) is 53.7 Å². The molecule has 0 radical (unpaired) electrons. The van der Waals surface area contributed by atoms with Gasteiger partial charge < -0.3 is 10.2 Å². The van der Waals surface area contributed by atoms with E-state index in [1.54, 1.807) is 0 Å². The molecule has 1 fully saturated rings. The second-order valence-corrected chi connectivity index (χ2v) is 8.24. The van der Waals surface area contributed by atoms with Crippen molar-refractivity contribution in [2.24, 2.45) is 0 Å². The molecule has 1 unspecified atom stereocenters. The summed E-state index contributed by atoms with van der Waals surface area (Å²) >= 11 is 1.83. The molecule has 3 rings (SSSR count). The van der Waals surface area contributed by atoms with Crippen molar-refractivity contribution in [2.45, 2.75) is 65.1 Å². The Morgan fingerprint density at radius 3 is 2.85 bits per heavy atom. The first-order chi connectivity index (χ1) is 12.7. The Labute approximate surface area is 160 Å². The fraction of sp³-hybridized carbons (Fsp3) is 0.524. The molecule has 1 N–H and O–H groups in total. The largest absolute Gasteiger partial charge is 0.338 e. The maximum Gasteiger partial charge on any atom is 0.222 e. The third-order valence-corrected chi connectivity index (χ3v) is 6.19. The predicted octanol–water partition coefficient (Wildman–Crippen LogP) is 4.07. The number of likely N-dealkylation sites (tertiary alicyclic amines) is 1. The lowest BCUT2D eigenvalue weighted by Gasteiger charge is -2.21. The lowest BCUT2D eigenvalue weighted by Crippen LogP contribution is -2.31. The van der Waals surface area contributed by atoms with Gasteiger partial charge in [-0.1, -0.05) is 37.3 Å². The molecule has 1 atom stereocenters. The summed E-state index contributed by atoms with van der Waals surface area (Å²) < 4.78 is 0. The SMILES string of the molecule is CCCc1nc(C)c(CNC2CCC(=O)N(Cc3ccccc3)CC2)s1. The number of carbonyl (C=O) groups excluding carboxylic acids is 1. The van der Waals surface area contributed by atoms with E-state index in [0.29, 0.717) is 12.5 Å². The van der Waals surface area contributed by atoms with Crippen LogP contribution in [-0.2, 0) is 24.3 Å². The molecular formula is C21H29N3OS. The fourth-order valence-electron chi connectivity index (χ4n) is 3.42. The van der Waals surface area contributed by atoms with Gasteiger partial charge in [-0.15, -0.1) is 11.3 Å². The highest BCUT2D eigenvalue weighted by atomic mass is 32.1. The van der Waals surface area contributed by atoms with E-state index in [0.717, 1.165) is 51.0 Å². The summed E-state index contributed by atoms with van der Waals surface area (Å²) in [5, 5.41) is 4.91. The number of aromatic nitrogens is 1. The van der Waals surface area contributed by atoms with E-state index in [9.17, 15) is 4.79 Å². The maximum absolute atomic E-state index is 12.5. The van der Waals surface area contributed by atoms with Gasteiger partial charge in [0.05, 0.1) is 10.7 Å². The monoisotopic (exact) mass is 371 g/mol. The molecule has 1 amide bonds. The first kappa shape index (κ1) is 19.1. The minimum atomic E-state index is 0.275. The Bertz CT molecular complexity index is 713. The Balaban J connectivity index is 1.52. The summed E-state index contributed by atoms with van der Waals surface area (Å²) in [7, 11) is 0. The van der Waals surface area contributed by atoms with Crippen LogP contribution >= 0.6 is 11.3 Å². The smallest absolute Gasteiger partial charge is 0.222 e. The van der Waals surface area contributed by atoms with Gasteiger partial charge in [0, 0.05) is 37.0 Å². The quantitative estimate of drug-likeness (QED) is 0.798. The van der Waals surface area contributed by atoms with E-state index < -0.39 is 0 Å². The molecule has 0 saturated carbocycles. The fourth-order valence-corrected chi connectivity index (χ4v) is 4.54. The van der Waals surface area contributed by atoms with Gasteiger partial charge in [0.25, 0.3) is 0 Å². The van der Waals surface area contributed by atoms with Crippen LogP contribution in [0.15, 0.2) is 30.3 Å². The van der Waals surface area contributed by atoms with Crippen LogP contribution in [0.3, 0.4) is 0 Å². The van der Waals surface area contributed by atoms with Gasteiger partial charge in [-0.3, -0.25) is 4.79 Å². The zero-order valence-corrected chi connectivity index (χ0v) is 16.6. The number of hydrogen-bond donors (Lipinski definition) is 1. The highest BCUT2D eigenvalue weighted by Crippen LogP contribution is 2.21. The van der Waals surface area contributed by atoms with Crippen molar-refractivity contribution in [2.75, 3.05) is 6.54 Å². The molecule has 1 aliphatic heterocycles. The number of nitrogens with one attached hydrogen (secondary N) is 1. The molecule has 0 spiro atoms. The molecule has 0 aliphatic carbocycles. The number of nitrogens with zero attached hydrogens (tertiary/aromatic N) is 2. The number of hydrogen-bond acceptors (Lipinski definition) is 4. The molecule has 4 nitrogen and oxygen atoms in total. The second-order valence-electron chi connectivity index (χ2n) is 7.07.